The molecule has 5 rings (SSSR count). The van der Waals surface area contributed by atoms with Gasteiger partial charge in [-0.2, -0.15) is 0 Å². The van der Waals surface area contributed by atoms with Crippen LogP contribution in [0.3, 0.4) is 0 Å². The third kappa shape index (κ3) is 3.35. The van der Waals surface area contributed by atoms with Crippen LogP contribution in [0.1, 0.15) is 42.7 Å². The Balaban J connectivity index is 1.61. The van der Waals surface area contributed by atoms with Gasteiger partial charge in [-0.15, -0.1) is 0 Å². The van der Waals surface area contributed by atoms with E-state index in [9.17, 15) is 9.59 Å². The molecule has 0 bridgehead atoms. The highest BCUT2D eigenvalue weighted by Gasteiger charge is 2.42. The molecule has 2 atom stereocenters. The molecule has 3 aliphatic rings. The van der Waals surface area contributed by atoms with E-state index < -0.39 is 11.9 Å². The SMILES string of the molecule is COC(=O)C1=C(C)NC2=C(C(=O)CC(c3ccccc3Cl)C2)C1c1ccc2c(c1)OCO2. The summed E-state index contributed by atoms with van der Waals surface area (Å²) in [5, 5.41) is 3.98. The molecule has 2 aliphatic heterocycles. The fourth-order valence-electron chi connectivity index (χ4n) is 4.87. The lowest BCUT2D eigenvalue weighted by atomic mass is 9.71. The lowest BCUT2D eigenvalue weighted by molar-refractivity contribution is -0.136. The average molecular weight is 452 g/mol. The Morgan fingerprint density at radius 1 is 1.12 bits per heavy atom. The van der Waals surface area contributed by atoms with E-state index in [0.717, 1.165) is 16.8 Å². The van der Waals surface area contributed by atoms with Crippen molar-refractivity contribution >= 4 is 23.4 Å². The molecule has 0 spiro atoms. The van der Waals surface area contributed by atoms with Crippen molar-refractivity contribution in [2.24, 2.45) is 0 Å². The van der Waals surface area contributed by atoms with Crippen molar-refractivity contribution in [1.82, 2.24) is 5.32 Å². The molecule has 2 unspecified atom stereocenters. The number of ketones is 1. The van der Waals surface area contributed by atoms with Crippen LogP contribution in [-0.2, 0) is 14.3 Å². The number of nitrogens with one attached hydrogen (secondary N) is 1. The number of allylic oxidation sites excluding steroid dienone is 3. The molecular weight excluding hydrogens is 430 g/mol. The van der Waals surface area contributed by atoms with Gasteiger partial charge in [0, 0.05) is 34.3 Å². The van der Waals surface area contributed by atoms with Crippen LogP contribution >= 0.6 is 11.6 Å². The molecule has 2 heterocycles. The smallest absolute Gasteiger partial charge is 0.336 e. The number of hydrogen-bond donors (Lipinski definition) is 1. The van der Waals surface area contributed by atoms with Gasteiger partial charge in [-0.1, -0.05) is 35.9 Å². The number of carbonyl (C=O) groups excluding carboxylic acids is 2. The van der Waals surface area contributed by atoms with Crippen molar-refractivity contribution in [3.8, 4) is 11.5 Å². The molecule has 2 aromatic rings. The van der Waals surface area contributed by atoms with Crippen LogP contribution in [0.5, 0.6) is 11.5 Å². The summed E-state index contributed by atoms with van der Waals surface area (Å²) in [6, 6.07) is 13.1. The first-order chi connectivity index (χ1) is 15.5. The number of ether oxygens (including phenoxy) is 3. The van der Waals surface area contributed by atoms with Crippen LogP contribution in [0.15, 0.2) is 65.0 Å². The minimum Gasteiger partial charge on any atom is -0.466 e. The first-order valence-electron chi connectivity index (χ1n) is 10.4. The Labute approximate surface area is 190 Å². The summed E-state index contributed by atoms with van der Waals surface area (Å²) in [6.07, 6.45) is 0.941. The van der Waals surface area contributed by atoms with Crippen LogP contribution in [-0.4, -0.2) is 25.7 Å². The number of rotatable bonds is 3. The Hall–Kier alpha value is -3.25. The molecule has 0 saturated carbocycles. The third-order valence-electron chi connectivity index (χ3n) is 6.31. The number of dihydropyridines is 1. The lowest BCUT2D eigenvalue weighted by Crippen LogP contribution is -2.36. The summed E-state index contributed by atoms with van der Waals surface area (Å²) < 4.78 is 16.1. The van der Waals surface area contributed by atoms with Crippen LogP contribution in [0.4, 0.5) is 0 Å². The topological polar surface area (TPSA) is 73.9 Å². The summed E-state index contributed by atoms with van der Waals surface area (Å²) in [7, 11) is 1.35. The molecular formula is C25H22ClNO5. The van der Waals surface area contributed by atoms with E-state index in [-0.39, 0.29) is 18.5 Å². The average Bonchev–Trinajstić information content (AvgIpc) is 3.25. The number of methoxy groups -OCH3 is 1. The molecule has 7 heteroatoms. The van der Waals surface area contributed by atoms with Gasteiger partial charge in [0.1, 0.15) is 0 Å². The Morgan fingerprint density at radius 3 is 2.69 bits per heavy atom. The number of fused-ring (bicyclic) bond motifs is 1. The molecule has 0 saturated heterocycles. The maximum atomic E-state index is 13.5. The standard InChI is InChI=1S/C25H22ClNO5/c1-13-22(25(29)30-2)23(14-7-8-20-21(11-14)32-12-31-20)24-18(27-13)9-15(10-19(24)28)16-5-3-4-6-17(16)26/h3-8,11,15,23,27H,9-10,12H2,1-2H3. The van der Waals surface area contributed by atoms with Crippen molar-refractivity contribution in [3.05, 3.63) is 81.2 Å². The van der Waals surface area contributed by atoms with Gasteiger partial charge in [-0.3, -0.25) is 4.79 Å². The summed E-state index contributed by atoms with van der Waals surface area (Å²) in [6.45, 7) is 1.98. The van der Waals surface area contributed by atoms with Gasteiger partial charge in [0.25, 0.3) is 0 Å². The number of carbonyl (C=O) groups is 2. The molecule has 0 fully saturated rings. The largest absolute Gasteiger partial charge is 0.466 e. The highest BCUT2D eigenvalue weighted by atomic mass is 35.5. The molecule has 164 valence electrons. The summed E-state index contributed by atoms with van der Waals surface area (Å²) >= 11 is 6.43. The summed E-state index contributed by atoms with van der Waals surface area (Å²) in [5.41, 5.74) is 4.25. The van der Waals surface area contributed by atoms with Crippen LogP contribution in [0, 0.1) is 0 Å². The van der Waals surface area contributed by atoms with Gasteiger partial charge in [0.2, 0.25) is 6.79 Å². The minimum absolute atomic E-state index is 0.0137. The van der Waals surface area contributed by atoms with Crippen LogP contribution in [0.2, 0.25) is 5.02 Å². The van der Waals surface area contributed by atoms with Gasteiger partial charge in [0.05, 0.1) is 12.7 Å². The van der Waals surface area contributed by atoms with Crippen molar-refractivity contribution in [3.63, 3.8) is 0 Å². The zero-order valence-electron chi connectivity index (χ0n) is 17.7. The van der Waals surface area contributed by atoms with Gasteiger partial charge in [0.15, 0.2) is 17.3 Å². The second-order valence-corrected chi connectivity index (χ2v) is 8.55. The van der Waals surface area contributed by atoms with Gasteiger partial charge in [-0.05, 0) is 48.6 Å². The Bertz CT molecular complexity index is 1200. The number of benzene rings is 2. The summed E-state index contributed by atoms with van der Waals surface area (Å²) in [4.78, 5) is 26.3. The predicted molar refractivity (Wildman–Crippen MR) is 119 cm³/mol. The maximum Gasteiger partial charge on any atom is 0.336 e. The molecule has 0 aromatic heterocycles. The van der Waals surface area contributed by atoms with Crippen molar-refractivity contribution in [2.45, 2.75) is 31.6 Å². The van der Waals surface area contributed by atoms with E-state index in [1.807, 2.05) is 49.4 Å². The van der Waals surface area contributed by atoms with E-state index >= 15 is 0 Å². The predicted octanol–water partition coefficient (Wildman–Crippen LogP) is 4.60. The van der Waals surface area contributed by atoms with Gasteiger partial charge in [-0.25, -0.2) is 4.79 Å². The quantitative estimate of drug-likeness (QED) is 0.687. The minimum atomic E-state index is -0.548. The Morgan fingerprint density at radius 2 is 1.91 bits per heavy atom. The number of esters is 1. The second kappa shape index (κ2) is 8.02. The highest BCUT2D eigenvalue weighted by molar-refractivity contribution is 6.31. The van der Waals surface area contributed by atoms with Gasteiger partial charge >= 0.3 is 5.97 Å². The molecule has 1 N–H and O–H groups in total. The monoisotopic (exact) mass is 451 g/mol. The number of hydrogen-bond acceptors (Lipinski definition) is 6. The van der Waals surface area contributed by atoms with E-state index in [4.69, 9.17) is 25.8 Å². The number of Topliss-reactive ketones (excluding diaryl/α,β-unsaturated/α-hetero) is 1. The van der Waals surface area contributed by atoms with Crippen LogP contribution < -0.4 is 14.8 Å². The third-order valence-corrected chi connectivity index (χ3v) is 6.65. The summed E-state index contributed by atoms with van der Waals surface area (Å²) in [5.74, 6) is 0.180. The van der Waals surface area contributed by atoms with Crippen molar-refractivity contribution < 1.29 is 23.8 Å². The first kappa shape index (κ1) is 20.6. The molecule has 0 amide bonds. The molecule has 2 aromatic carbocycles. The van der Waals surface area contributed by atoms with E-state index in [1.165, 1.54) is 7.11 Å². The molecule has 6 nitrogen and oxygen atoms in total. The van der Waals surface area contributed by atoms with Gasteiger partial charge < -0.3 is 19.5 Å². The van der Waals surface area contributed by atoms with E-state index in [1.54, 1.807) is 0 Å². The fourth-order valence-corrected chi connectivity index (χ4v) is 5.16. The second-order valence-electron chi connectivity index (χ2n) is 8.14. The van der Waals surface area contributed by atoms with E-state index in [2.05, 4.69) is 5.32 Å². The fraction of sp³-hybridized carbons (Fsp3) is 0.280. The zero-order chi connectivity index (χ0) is 22.4. The van der Waals surface area contributed by atoms with E-state index in [0.29, 0.717) is 46.2 Å². The van der Waals surface area contributed by atoms with Crippen molar-refractivity contribution in [2.75, 3.05) is 13.9 Å². The molecule has 1 aliphatic carbocycles. The number of halogens is 1. The van der Waals surface area contributed by atoms with Crippen molar-refractivity contribution in [1.29, 1.82) is 0 Å². The molecule has 0 radical (unpaired) electrons. The Kier molecular flexibility index (Phi) is 5.18. The normalized spacial score (nSPS) is 21.9. The molecule has 32 heavy (non-hydrogen) atoms. The maximum absolute atomic E-state index is 13.5. The highest BCUT2D eigenvalue weighted by Crippen LogP contribution is 2.48. The zero-order valence-corrected chi connectivity index (χ0v) is 18.5. The first-order valence-corrected chi connectivity index (χ1v) is 10.8. The van der Waals surface area contributed by atoms with Crippen LogP contribution in [0.25, 0.3) is 0 Å². The lowest BCUT2D eigenvalue weighted by Gasteiger charge is -2.36.